The Morgan fingerprint density at radius 1 is 1.21 bits per heavy atom. The quantitative estimate of drug-likeness (QED) is 0.517. The lowest BCUT2D eigenvalue weighted by molar-refractivity contribution is -0.142. The summed E-state index contributed by atoms with van der Waals surface area (Å²) < 4.78 is 10.2. The van der Waals surface area contributed by atoms with Crippen molar-refractivity contribution in [3.63, 3.8) is 0 Å². The second-order valence-corrected chi connectivity index (χ2v) is 9.31. The Balaban J connectivity index is 1.79. The van der Waals surface area contributed by atoms with Crippen molar-refractivity contribution >= 4 is 23.5 Å². The standard InChI is InChI=1S/C25H34N4O5/c1-6-25(3,4)27-24(32)23(17-7-11-19(33-5)12-8-17)29(18-9-10-18)22(31)14-13-21(30)26-20-15-16(2)34-28-20/h7-8,11-12,15,18,23H,6,9-10,13-14H2,1-5H3,(H,27,32)(H,26,28,30)/t23-/m1/s1. The average molecular weight is 471 g/mol. The van der Waals surface area contributed by atoms with Crippen LogP contribution < -0.4 is 15.4 Å². The second-order valence-electron chi connectivity index (χ2n) is 9.31. The Kier molecular flexibility index (Phi) is 7.96. The molecular formula is C25H34N4O5. The zero-order valence-electron chi connectivity index (χ0n) is 20.5. The van der Waals surface area contributed by atoms with E-state index in [4.69, 9.17) is 9.26 Å². The summed E-state index contributed by atoms with van der Waals surface area (Å²) in [5.74, 6) is 0.746. The van der Waals surface area contributed by atoms with Gasteiger partial charge in [0.05, 0.1) is 7.11 Å². The first kappa shape index (κ1) is 25.3. The van der Waals surface area contributed by atoms with Gasteiger partial charge < -0.3 is 24.8 Å². The summed E-state index contributed by atoms with van der Waals surface area (Å²) in [6.07, 6.45) is 2.36. The largest absolute Gasteiger partial charge is 0.497 e. The van der Waals surface area contributed by atoms with Crippen LogP contribution in [-0.2, 0) is 14.4 Å². The molecule has 2 aromatic rings. The van der Waals surface area contributed by atoms with Crippen LogP contribution in [0.3, 0.4) is 0 Å². The van der Waals surface area contributed by atoms with Crippen LogP contribution in [0.1, 0.15) is 70.2 Å². The summed E-state index contributed by atoms with van der Waals surface area (Å²) in [5.41, 5.74) is 0.281. The SMILES string of the molecule is CCC(C)(C)NC(=O)[C@@H](c1ccc(OC)cc1)N(C(=O)CCC(=O)Nc1cc(C)on1)C1CC1. The van der Waals surface area contributed by atoms with Crippen molar-refractivity contribution in [2.75, 3.05) is 12.4 Å². The van der Waals surface area contributed by atoms with Crippen molar-refractivity contribution in [3.05, 3.63) is 41.7 Å². The molecule has 0 unspecified atom stereocenters. The Labute approximate surface area is 200 Å². The molecule has 1 aromatic carbocycles. The maximum Gasteiger partial charge on any atom is 0.247 e. The van der Waals surface area contributed by atoms with Gasteiger partial charge in [0.25, 0.3) is 0 Å². The number of hydrogen-bond donors (Lipinski definition) is 2. The molecule has 1 aliphatic rings. The highest BCUT2D eigenvalue weighted by atomic mass is 16.5. The molecule has 0 aliphatic heterocycles. The van der Waals surface area contributed by atoms with Gasteiger partial charge in [-0.1, -0.05) is 24.2 Å². The lowest BCUT2D eigenvalue weighted by Gasteiger charge is -2.35. The fourth-order valence-corrected chi connectivity index (χ4v) is 3.61. The van der Waals surface area contributed by atoms with E-state index in [1.807, 2.05) is 32.9 Å². The van der Waals surface area contributed by atoms with Crippen LogP contribution >= 0.6 is 0 Å². The number of carbonyl (C=O) groups is 3. The monoisotopic (exact) mass is 470 g/mol. The predicted molar refractivity (Wildman–Crippen MR) is 127 cm³/mol. The van der Waals surface area contributed by atoms with E-state index in [1.54, 1.807) is 37.1 Å². The zero-order valence-corrected chi connectivity index (χ0v) is 20.5. The average Bonchev–Trinajstić information content (AvgIpc) is 3.56. The van der Waals surface area contributed by atoms with Gasteiger partial charge in [0.2, 0.25) is 17.7 Å². The molecule has 0 saturated heterocycles. The molecule has 0 bridgehead atoms. The molecule has 1 aliphatic carbocycles. The predicted octanol–water partition coefficient (Wildman–Crippen LogP) is 3.75. The van der Waals surface area contributed by atoms with Crippen molar-refractivity contribution in [2.24, 2.45) is 0 Å². The number of anilines is 1. The van der Waals surface area contributed by atoms with Crippen molar-refractivity contribution in [1.29, 1.82) is 0 Å². The molecule has 1 aromatic heterocycles. The van der Waals surface area contributed by atoms with Gasteiger partial charge in [0.1, 0.15) is 17.6 Å². The van der Waals surface area contributed by atoms with E-state index in [0.29, 0.717) is 22.9 Å². The number of benzene rings is 1. The number of aromatic nitrogens is 1. The minimum atomic E-state index is -0.794. The van der Waals surface area contributed by atoms with Crippen LogP contribution in [0.15, 0.2) is 34.9 Å². The van der Waals surface area contributed by atoms with Crippen LogP contribution in [0.4, 0.5) is 5.82 Å². The lowest BCUT2D eigenvalue weighted by Crippen LogP contribution is -2.51. The molecule has 1 heterocycles. The molecule has 2 N–H and O–H groups in total. The first-order chi connectivity index (χ1) is 16.1. The Hall–Kier alpha value is -3.36. The third-order valence-corrected chi connectivity index (χ3v) is 5.99. The van der Waals surface area contributed by atoms with E-state index in [-0.39, 0.29) is 36.6 Å². The van der Waals surface area contributed by atoms with Gasteiger partial charge in [0, 0.05) is 30.5 Å². The van der Waals surface area contributed by atoms with Crippen molar-refractivity contribution in [2.45, 2.75) is 77.4 Å². The number of rotatable bonds is 11. The molecule has 1 saturated carbocycles. The zero-order chi connectivity index (χ0) is 24.9. The van der Waals surface area contributed by atoms with E-state index in [9.17, 15) is 14.4 Å². The van der Waals surface area contributed by atoms with E-state index in [0.717, 1.165) is 19.3 Å². The van der Waals surface area contributed by atoms with Gasteiger partial charge >= 0.3 is 0 Å². The van der Waals surface area contributed by atoms with Gasteiger partial charge in [-0.25, -0.2) is 0 Å². The highest BCUT2D eigenvalue weighted by molar-refractivity contribution is 5.94. The second kappa shape index (κ2) is 10.7. The van der Waals surface area contributed by atoms with Crippen LogP contribution in [0, 0.1) is 6.92 Å². The molecule has 34 heavy (non-hydrogen) atoms. The fraction of sp³-hybridized carbons (Fsp3) is 0.520. The topological polar surface area (TPSA) is 114 Å². The highest BCUT2D eigenvalue weighted by Crippen LogP contribution is 2.36. The number of amides is 3. The van der Waals surface area contributed by atoms with Crippen LogP contribution in [0.5, 0.6) is 5.75 Å². The molecule has 9 nitrogen and oxygen atoms in total. The van der Waals surface area contributed by atoms with Gasteiger partial charge in [-0.2, -0.15) is 0 Å². The summed E-state index contributed by atoms with van der Waals surface area (Å²) in [6.45, 7) is 7.63. The van der Waals surface area contributed by atoms with Crippen molar-refractivity contribution in [3.8, 4) is 5.75 Å². The first-order valence-corrected chi connectivity index (χ1v) is 11.6. The molecule has 1 fully saturated rings. The van der Waals surface area contributed by atoms with E-state index in [2.05, 4.69) is 15.8 Å². The number of aryl methyl sites for hydroxylation is 1. The summed E-state index contributed by atoms with van der Waals surface area (Å²) in [5, 5.41) is 9.46. The van der Waals surface area contributed by atoms with E-state index < -0.39 is 11.6 Å². The highest BCUT2D eigenvalue weighted by Gasteiger charge is 2.42. The minimum absolute atomic E-state index is 0.0176. The summed E-state index contributed by atoms with van der Waals surface area (Å²) in [6, 6.07) is 7.96. The number of nitrogens with zero attached hydrogens (tertiary/aromatic N) is 2. The number of methoxy groups -OCH3 is 1. The van der Waals surface area contributed by atoms with Gasteiger partial charge in [-0.05, 0) is 57.7 Å². The summed E-state index contributed by atoms with van der Waals surface area (Å²) in [7, 11) is 1.58. The normalized spacial score (nSPS) is 14.3. The van der Waals surface area contributed by atoms with Crippen LogP contribution in [0.25, 0.3) is 0 Å². The molecule has 1 atom stereocenters. The third kappa shape index (κ3) is 6.59. The number of carbonyl (C=O) groups excluding carboxylic acids is 3. The first-order valence-electron chi connectivity index (χ1n) is 11.6. The van der Waals surface area contributed by atoms with E-state index in [1.165, 1.54) is 0 Å². The van der Waals surface area contributed by atoms with Crippen molar-refractivity contribution < 1.29 is 23.6 Å². The minimum Gasteiger partial charge on any atom is -0.497 e. The van der Waals surface area contributed by atoms with Crippen LogP contribution in [0.2, 0.25) is 0 Å². The Bertz CT molecular complexity index is 1010. The number of nitrogens with one attached hydrogen (secondary N) is 2. The number of hydrogen-bond acceptors (Lipinski definition) is 6. The van der Waals surface area contributed by atoms with Gasteiger partial charge in [-0.3, -0.25) is 14.4 Å². The molecule has 3 amide bonds. The maximum absolute atomic E-state index is 13.5. The van der Waals surface area contributed by atoms with Crippen molar-refractivity contribution in [1.82, 2.24) is 15.4 Å². The third-order valence-electron chi connectivity index (χ3n) is 5.99. The molecule has 0 spiro atoms. The summed E-state index contributed by atoms with van der Waals surface area (Å²) in [4.78, 5) is 40.9. The molecule has 3 rings (SSSR count). The maximum atomic E-state index is 13.5. The summed E-state index contributed by atoms with van der Waals surface area (Å²) >= 11 is 0. The fourth-order valence-electron chi connectivity index (χ4n) is 3.61. The van der Waals surface area contributed by atoms with Gasteiger partial charge in [0.15, 0.2) is 5.82 Å². The Morgan fingerprint density at radius 2 is 1.88 bits per heavy atom. The van der Waals surface area contributed by atoms with Gasteiger partial charge in [-0.15, -0.1) is 0 Å². The van der Waals surface area contributed by atoms with Crippen LogP contribution in [-0.4, -0.2) is 46.5 Å². The number of ether oxygens (including phenoxy) is 1. The molecule has 9 heteroatoms. The molecule has 0 radical (unpaired) electrons. The lowest BCUT2D eigenvalue weighted by atomic mass is 9.98. The van der Waals surface area contributed by atoms with E-state index >= 15 is 0 Å². The molecule has 184 valence electrons. The molecular weight excluding hydrogens is 436 g/mol. The Morgan fingerprint density at radius 3 is 2.41 bits per heavy atom. The smallest absolute Gasteiger partial charge is 0.247 e.